The minimum Gasteiger partial charge on any atom is -0.305 e. The number of rotatable bonds is 1. The summed E-state index contributed by atoms with van der Waals surface area (Å²) in [6.45, 7) is 1.96. The first-order chi connectivity index (χ1) is 5.83. The lowest BCUT2D eigenvalue weighted by atomic mass is 10.2. The molecule has 0 atom stereocenters. The molecule has 0 aromatic carbocycles. The van der Waals surface area contributed by atoms with Gasteiger partial charge in [-0.3, -0.25) is 4.79 Å². The lowest BCUT2D eigenvalue weighted by molar-refractivity contribution is 0.112. The maximum atomic E-state index is 10.6. The molecule has 0 aliphatic carbocycles. The summed E-state index contributed by atoms with van der Waals surface area (Å²) in [5, 5.41) is 0. The normalized spacial score (nSPS) is 10.4. The molecule has 2 heterocycles. The third kappa shape index (κ3) is 0.830. The van der Waals surface area contributed by atoms with Gasteiger partial charge in [-0.05, 0) is 18.6 Å². The number of pyridine rings is 1. The monoisotopic (exact) mass is 160 g/mol. The number of imidazole rings is 1. The van der Waals surface area contributed by atoms with Gasteiger partial charge in [-0.1, -0.05) is 6.07 Å². The highest BCUT2D eigenvalue weighted by Crippen LogP contribution is 2.11. The fraction of sp³-hybridized carbons (Fsp3) is 0.111. The summed E-state index contributed by atoms with van der Waals surface area (Å²) < 4.78 is 1.85. The Morgan fingerprint density at radius 2 is 2.42 bits per heavy atom. The maximum absolute atomic E-state index is 10.6. The zero-order valence-electron chi connectivity index (χ0n) is 6.69. The van der Waals surface area contributed by atoms with Gasteiger partial charge in [-0.25, -0.2) is 4.98 Å². The van der Waals surface area contributed by atoms with Crippen molar-refractivity contribution in [3.05, 3.63) is 35.9 Å². The van der Waals surface area contributed by atoms with E-state index in [0.717, 1.165) is 17.4 Å². The van der Waals surface area contributed by atoms with Crippen molar-refractivity contribution in [2.45, 2.75) is 6.92 Å². The summed E-state index contributed by atoms with van der Waals surface area (Å²) in [7, 11) is 0. The average molecular weight is 160 g/mol. The van der Waals surface area contributed by atoms with Crippen molar-refractivity contribution in [1.82, 2.24) is 9.38 Å². The lowest BCUT2D eigenvalue weighted by Gasteiger charge is -1.96. The second-order valence-electron chi connectivity index (χ2n) is 2.69. The van der Waals surface area contributed by atoms with E-state index in [4.69, 9.17) is 0 Å². The number of aryl methyl sites for hydroxylation is 1. The summed E-state index contributed by atoms with van der Waals surface area (Å²) in [6.07, 6.45) is 4.30. The molecule has 60 valence electrons. The molecule has 2 rings (SSSR count). The number of aromatic nitrogens is 2. The lowest BCUT2D eigenvalue weighted by Crippen LogP contribution is -1.87. The first kappa shape index (κ1) is 7.03. The molecular formula is C9H8N2O. The van der Waals surface area contributed by atoms with Gasteiger partial charge in [0.25, 0.3) is 0 Å². The summed E-state index contributed by atoms with van der Waals surface area (Å²) in [5.41, 5.74) is 2.47. The van der Waals surface area contributed by atoms with Crippen molar-refractivity contribution >= 4 is 11.8 Å². The number of carbonyl (C=O) groups excluding carboxylic acids is 1. The van der Waals surface area contributed by atoms with Crippen LogP contribution in [-0.4, -0.2) is 15.7 Å². The van der Waals surface area contributed by atoms with Crippen molar-refractivity contribution in [3.8, 4) is 0 Å². The molecule has 0 bridgehead atoms. The summed E-state index contributed by atoms with van der Waals surface area (Å²) in [4.78, 5) is 14.5. The van der Waals surface area contributed by atoms with Crippen LogP contribution in [0.3, 0.4) is 0 Å². The van der Waals surface area contributed by atoms with Crippen molar-refractivity contribution in [2.75, 3.05) is 0 Å². The van der Waals surface area contributed by atoms with Crippen LogP contribution in [0.2, 0.25) is 0 Å². The number of hydrogen-bond acceptors (Lipinski definition) is 2. The zero-order valence-corrected chi connectivity index (χ0v) is 6.69. The van der Waals surface area contributed by atoms with E-state index in [1.54, 1.807) is 6.33 Å². The van der Waals surface area contributed by atoms with Gasteiger partial charge >= 0.3 is 0 Å². The van der Waals surface area contributed by atoms with Gasteiger partial charge in [0.15, 0.2) is 6.29 Å². The van der Waals surface area contributed by atoms with Crippen LogP contribution in [0, 0.1) is 6.92 Å². The van der Waals surface area contributed by atoms with E-state index in [-0.39, 0.29) is 0 Å². The van der Waals surface area contributed by atoms with Crippen molar-refractivity contribution in [1.29, 1.82) is 0 Å². The van der Waals surface area contributed by atoms with Gasteiger partial charge in [0.1, 0.15) is 12.0 Å². The largest absolute Gasteiger partial charge is 0.305 e. The molecule has 0 aliphatic rings. The van der Waals surface area contributed by atoms with Gasteiger partial charge in [0.05, 0.1) is 5.52 Å². The van der Waals surface area contributed by atoms with Crippen molar-refractivity contribution in [3.63, 3.8) is 0 Å². The molecule has 0 N–H and O–H groups in total. The Kier molecular flexibility index (Phi) is 1.43. The van der Waals surface area contributed by atoms with Crippen LogP contribution in [0.4, 0.5) is 0 Å². The summed E-state index contributed by atoms with van der Waals surface area (Å²) in [6, 6.07) is 3.89. The number of carbonyl (C=O) groups is 1. The van der Waals surface area contributed by atoms with Crippen LogP contribution in [0.5, 0.6) is 0 Å². The van der Waals surface area contributed by atoms with Gasteiger partial charge < -0.3 is 4.40 Å². The highest BCUT2D eigenvalue weighted by molar-refractivity contribution is 5.84. The Labute approximate surface area is 69.7 Å². The van der Waals surface area contributed by atoms with Crippen LogP contribution in [-0.2, 0) is 0 Å². The SMILES string of the molecule is Cc1cccn2cnc(C=O)c12. The minimum absolute atomic E-state index is 0.508. The van der Waals surface area contributed by atoms with Crippen LogP contribution in [0.25, 0.3) is 5.52 Å². The number of hydrogen-bond donors (Lipinski definition) is 0. The van der Waals surface area contributed by atoms with Gasteiger partial charge in [-0.15, -0.1) is 0 Å². The van der Waals surface area contributed by atoms with Crippen LogP contribution >= 0.6 is 0 Å². The molecule has 0 aliphatic heterocycles. The summed E-state index contributed by atoms with van der Waals surface area (Å²) in [5.74, 6) is 0. The number of aldehydes is 1. The topological polar surface area (TPSA) is 34.4 Å². The first-order valence-corrected chi connectivity index (χ1v) is 3.70. The molecule has 0 unspecified atom stereocenters. The Balaban J connectivity index is 2.91. The van der Waals surface area contributed by atoms with Crippen LogP contribution in [0.1, 0.15) is 16.1 Å². The second-order valence-corrected chi connectivity index (χ2v) is 2.69. The van der Waals surface area contributed by atoms with E-state index < -0.39 is 0 Å². The molecule has 0 amide bonds. The fourth-order valence-electron chi connectivity index (χ4n) is 1.34. The average Bonchev–Trinajstić information content (AvgIpc) is 2.49. The molecular weight excluding hydrogens is 152 g/mol. The maximum Gasteiger partial charge on any atom is 0.170 e. The summed E-state index contributed by atoms with van der Waals surface area (Å²) >= 11 is 0. The van der Waals surface area contributed by atoms with Crippen LogP contribution in [0.15, 0.2) is 24.7 Å². The van der Waals surface area contributed by atoms with E-state index in [1.807, 2.05) is 29.7 Å². The molecule has 3 nitrogen and oxygen atoms in total. The Hall–Kier alpha value is -1.64. The predicted octanol–water partition coefficient (Wildman–Crippen LogP) is 1.46. The van der Waals surface area contributed by atoms with Gasteiger partial charge in [0.2, 0.25) is 0 Å². The van der Waals surface area contributed by atoms with Gasteiger partial charge in [0, 0.05) is 6.20 Å². The fourth-order valence-corrected chi connectivity index (χ4v) is 1.34. The minimum atomic E-state index is 0.508. The van der Waals surface area contributed by atoms with Crippen molar-refractivity contribution < 1.29 is 4.79 Å². The third-order valence-corrected chi connectivity index (χ3v) is 1.90. The highest BCUT2D eigenvalue weighted by atomic mass is 16.1. The Morgan fingerprint density at radius 1 is 1.58 bits per heavy atom. The van der Waals surface area contributed by atoms with Gasteiger partial charge in [-0.2, -0.15) is 0 Å². The third-order valence-electron chi connectivity index (χ3n) is 1.90. The highest BCUT2D eigenvalue weighted by Gasteiger charge is 2.03. The number of nitrogens with zero attached hydrogens (tertiary/aromatic N) is 2. The smallest absolute Gasteiger partial charge is 0.170 e. The molecule has 0 saturated carbocycles. The van der Waals surface area contributed by atoms with E-state index in [9.17, 15) is 4.79 Å². The molecule has 0 saturated heterocycles. The predicted molar refractivity (Wildman–Crippen MR) is 45.3 cm³/mol. The molecule has 0 spiro atoms. The Bertz CT molecular complexity index is 431. The van der Waals surface area contributed by atoms with E-state index in [1.165, 1.54) is 0 Å². The van der Waals surface area contributed by atoms with Crippen LogP contribution < -0.4 is 0 Å². The molecule has 0 fully saturated rings. The second kappa shape index (κ2) is 2.44. The number of fused-ring (bicyclic) bond motifs is 1. The molecule has 3 heteroatoms. The Morgan fingerprint density at radius 3 is 3.17 bits per heavy atom. The molecule has 2 aromatic rings. The molecule has 2 aromatic heterocycles. The first-order valence-electron chi connectivity index (χ1n) is 3.70. The van der Waals surface area contributed by atoms with E-state index in [2.05, 4.69) is 4.98 Å². The quantitative estimate of drug-likeness (QED) is 0.592. The van der Waals surface area contributed by atoms with Crippen molar-refractivity contribution in [2.24, 2.45) is 0 Å². The molecule has 12 heavy (non-hydrogen) atoms. The zero-order chi connectivity index (χ0) is 8.55. The van der Waals surface area contributed by atoms with E-state index >= 15 is 0 Å². The van der Waals surface area contributed by atoms with E-state index in [0.29, 0.717) is 5.69 Å². The molecule has 0 radical (unpaired) electrons. The standard InChI is InChI=1S/C9H8N2O/c1-7-3-2-4-11-6-10-8(5-12)9(7)11/h2-6H,1H3.